The van der Waals surface area contributed by atoms with Gasteiger partial charge in [0.15, 0.2) is 0 Å². The predicted molar refractivity (Wildman–Crippen MR) is 319 cm³/mol. The van der Waals surface area contributed by atoms with Crippen LogP contribution in [0.1, 0.15) is 341 Å². The van der Waals surface area contributed by atoms with Crippen molar-refractivity contribution in [2.24, 2.45) is 0 Å². The second-order valence-electron chi connectivity index (χ2n) is 23.9. The molecule has 3 N–H and O–H groups in total. The average molecular weight is 1050 g/mol. The molecule has 9 heteroatoms. The van der Waals surface area contributed by atoms with Crippen LogP contribution in [0, 0.1) is 0 Å². The van der Waals surface area contributed by atoms with Gasteiger partial charge in [-0.05, 0) is 38.5 Å². The topological polar surface area (TPSA) is 105 Å². The number of rotatable bonds is 61. The molecular weight excluding hydrogens is 924 g/mol. The Balaban J connectivity index is 3.81. The molecule has 0 spiro atoms. The van der Waals surface area contributed by atoms with Crippen LogP contribution in [0.3, 0.4) is 0 Å². The molecule has 0 aliphatic carbocycles. The Hall–Kier alpha value is -0.760. The fourth-order valence-corrected chi connectivity index (χ4v) is 10.9. The number of quaternary nitrogens is 1. The summed E-state index contributed by atoms with van der Waals surface area (Å²) < 4.78 is 23.7. The summed E-state index contributed by atoms with van der Waals surface area (Å²) in [7, 11) is 1.63. The second-order valence-corrected chi connectivity index (χ2v) is 25.3. The minimum atomic E-state index is -4.32. The van der Waals surface area contributed by atoms with Gasteiger partial charge < -0.3 is 19.8 Å². The maximum Gasteiger partial charge on any atom is 0.472 e. The van der Waals surface area contributed by atoms with E-state index in [0.29, 0.717) is 23.9 Å². The van der Waals surface area contributed by atoms with Gasteiger partial charge in [-0.3, -0.25) is 13.8 Å². The highest BCUT2D eigenvalue weighted by molar-refractivity contribution is 7.47. The van der Waals surface area contributed by atoms with Gasteiger partial charge in [-0.2, -0.15) is 0 Å². The van der Waals surface area contributed by atoms with Crippen LogP contribution in [-0.2, 0) is 18.4 Å². The van der Waals surface area contributed by atoms with E-state index in [1.165, 1.54) is 276 Å². The molecular formula is C64H130N2O6P+. The van der Waals surface area contributed by atoms with E-state index < -0.39 is 20.0 Å². The van der Waals surface area contributed by atoms with Crippen molar-refractivity contribution >= 4 is 13.7 Å². The Morgan fingerprint density at radius 3 is 1.05 bits per heavy atom. The third-order valence-electron chi connectivity index (χ3n) is 15.3. The van der Waals surface area contributed by atoms with E-state index >= 15 is 0 Å². The van der Waals surface area contributed by atoms with Crippen molar-refractivity contribution in [3.63, 3.8) is 0 Å². The lowest BCUT2D eigenvalue weighted by Crippen LogP contribution is -2.46. The van der Waals surface area contributed by atoms with Gasteiger partial charge in [-0.25, -0.2) is 4.57 Å². The quantitative estimate of drug-likeness (QED) is 0.0243. The smallest absolute Gasteiger partial charge is 0.391 e. The number of allylic oxidation sites excluding steroid dienone is 2. The molecule has 1 amide bonds. The summed E-state index contributed by atoms with van der Waals surface area (Å²) >= 11 is 0. The van der Waals surface area contributed by atoms with Gasteiger partial charge in [0.25, 0.3) is 0 Å². The Kier molecular flexibility index (Phi) is 55.4. The van der Waals surface area contributed by atoms with Gasteiger partial charge in [0.2, 0.25) is 5.91 Å². The summed E-state index contributed by atoms with van der Waals surface area (Å²) in [5.74, 6) is -0.139. The molecule has 0 aliphatic rings. The Morgan fingerprint density at radius 1 is 0.452 bits per heavy atom. The lowest BCUT2D eigenvalue weighted by Gasteiger charge is -2.26. The van der Waals surface area contributed by atoms with Gasteiger partial charge in [0.05, 0.1) is 39.9 Å². The zero-order chi connectivity index (χ0) is 53.5. The summed E-state index contributed by atoms with van der Waals surface area (Å²) in [6.45, 7) is 4.93. The number of carbonyl (C=O) groups excluding carboxylic acids is 1. The fourth-order valence-electron chi connectivity index (χ4n) is 10.2. The number of unbranched alkanes of at least 4 members (excludes halogenated alkanes) is 46. The minimum Gasteiger partial charge on any atom is -0.391 e. The van der Waals surface area contributed by atoms with E-state index in [1.807, 2.05) is 21.1 Å². The van der Waals surface area contributed by atoms with Crippen LogP contribution >= 0.6 is 7.82 Å². The molecule has 3 unspecified atom stereocenters. The Morgan fingerprint density at radius 2 is 0.740 bits per heavy atom. The molecule has 0 aromatic heterocycles. The number of carbonyl (C=O) groups is 1. The molecule has 0 saturated carbocycles. The SMILES string of the molecule is CCCCCCCCCCCCCCCCCCCC/C=C\CCCCCCCCCCCCCCCCCCCC(=O)NC(COP(=O)(O)OCC[N+](C)(C)C)C(O)CCCCCCCCCCCCCC. The molecule has 0 radical (unpaired) electrons. The molecule has 8 nitrogen and oxygen atoms in total. The van der Waals surface area contributed by atoms with Crippen LogP contribution in [0.25, 0.3) is 0 Å². The number of nitrogens with zero attached hydrogens (tertiary/aromatic N) is 1. The molecule has 0 aromatic carbocycles. The zero-order valence-corrected chi connectivity index (χ0v) is 50.8. The number of aliphatic hydroxyl groups is 1. The van der Waals surface area contributed by atoms with Crippen molar-refractivity contribution in [2.75, 3.05) is 40.9 Å². The summed E-state index contributed by atoms with van der Waals surface area (Å²) in [6, 6.07) is -0.756. The number of likely N-dealkylation sites (N-methyl/N-ethyl adjacent to an activating group) is 1. The molecule has 0 aliphatic heterocycles. The Bertz CT molecular complexity index is 1200. The predicted octanol–water partition coefficient (Wildman–Crippen LogP) is 20.2. The monoisotopic (exact) mass is 1050 g/mol. The van der Waals surface area contributed by atoms with E-state index in [1.54, 1.807) is 0 Å². The molecule has 436 valence electrons. The molecule has 73 heavy (non-hydrogen) atoms. The van der Waals surface area contributed by atoms with Crippen molar-refractivity contribution in [3.05, 3.63) is 12.2 Å². The van der Waals surface area contributed by atoms with Crippen LogP contribution in [0.15, 0.2) is 12.2 Å². The first-order valence-electron chi connectivity index (χ1n) is 32.6. The first kappa shape index (κ1) is 72.2. The number of hydrogen-bond donors (Lipinski definition) is 3. The van der Waals surface area contributed by atoms with Crippen LogP contribution in [-0.4, -0.2) is 73.4 Å². The maximum atomic E-state index is 13.0. The average Bonchev–Trinajstić information content (AvgIpc) is 3.35. The molecule has 0 bridgehead atoms. The van der Waals surface area contributed by atoms with Crippen LogP contribution in [0.5, 0.6) is 0 Å². The van der Waals surface area contributed by atoms with Crippen LogP contribution < -0.4 is 5.32 Å². The fraction of sp³-hybridized carbons (Fsp3) is 0.953. The highest BCUT2D eigenvalue weighted by Gasteiger charge is 2.28. The van der Waals surface area contributed by atoms with E-state index in [2.05, 4.69) is 31.3 Å². The lowest BCUT2D eigenvalue weighted by molar-refractivity contribution is -0.870. The first-order chi connectivity index (χ1) is 35.5. The van der Waals surface area contributed by atoms with Crippen molar-refractivity contribution in [1.29, 1.82) is 0 Å². The molecule has 3 atom stereocenters. The largest absolute Gasteiger partial charge is 0.472 e. The molecule has 0 heterocycles. The number of amides is 1. The van der Waals surface area contributed by atoms with Crippen molar-refractivity contribution in [2.45, 2.75) is 353 Å². The standard InChI is InChI=1S/C64H129N2O6P/c1-6-8-10-12-14-16-18-20-21-22-23-24-25-26-27-28-29-30-31-32-33-34-35-36-37-38-39-40-41-42-43-44-45-46-48-50-52-54-56-58-64(68)65-62(61-72-73(69,70)71-60-59-66(3,4)5)63(67)57-55-53-51-49-47-19-17-15-13-11-9-7-2/h32-33,62-63,67H,6-31,34-61H2,1-5H3,(H-,65,68,69,70)/p+1/b33-32-. The van der Waals surface area contributed by atoms with Gasteiger partial charge in [0, 0.05) is 6.42 Å². The number of phosphoric ester groups is 1. The van der Waals surface area contributed by atoms with E-state index in [0.717, 1.165) is 38.5 Å². The molecule has 0 aromatic rings. The highest BCUT2D eigenvalue weighted by atomic mass is 31.2. The summed E-state index contributed by atoms with van der Waals surface area (Å²) in [5.41, 5.74) is 0. The molecule has 0 rings (SSSR count). The third kappa shape index (κ3) is 58.8. The van der Waals surface area contributed by atoms with Gasteiger partial charge in [-0.1, -0.05) is 309 Å². The van der Waals surface area contributed by atoms with Crippen molar-refractivity contribution in [3.8, 4) is 0 Å². The van der Waals surface area contributed by atoms with Gasteiger partial charge in [0.1, 0.15) is 13.2 Å². The normalized spacial score (nSPS) is 13.8. The van der Waals surface area contributed by atoms with Crippen molar-refractivity contribution in [1.82, 2.24) is 5.32 Å². The summed E-state index contributed by atoms with van der Waals surface area (Å²) in [5, 5.41) is 14.0. The zero-order valence-electron chi connectivity index (χ0n) is 49.9. The first-order valence-corrected chi connectivity index (χ1v) is 34.0. The lowest BCUT2D eigenvalue weighted by atomic mass is 10.0. The summed E-state index contributed by atoms with van der Waals surface area (Å²) in [6.07, 6.45) is 70.4. The highest BCUT2D eigenvalue weighted by Crippen LogP contribution is 2.43. The molecule has 0 fully saturated rings. The minimum absolute atomic E-state index is 0.0776. The van der Waals surface area contributed by atoms with Crippen LogP contribution in [0.4, 0.5) is 0 Å². The second kappa shape index (κ2) is 56.0. The summed E-state index contributed by atoms with van der Waals surface area (Å²) in [4.78, 5) is 23.3. The van der Waals surface area contributed by atoms with E-state index in [9.17, 15) is 19.4 Å². The number of aliphatic hydroxyl groups excluding tert-OH is 1. The number of nitrogens with one attached hydrogen (secondary N) is 1. The van der Waals surface area contributed by atoms with E-state index in [-0.39, 0.29) is 19.1 Å². The number of phosphoric acid groups is 1. The van der Waals surface area contributed by atoms with E-state index in [4.69, 9.17) is 9.05 Å². The molecule has 0 saturated heterocycles. The van der Waals surface area contributed by atoms with Gasteiger partial charge >= 0.3 is 7.82 Å². The van der Waals surface area contributed by atoms with Crippen LogP contribution in [0.2, 0.25) is 0 Å². The van der Waals surface area contributed by atoms with Crippen molar-refractivity contribution < 1.29 is 32.9 Å². The maximum absolute atomic E-state index is 13.0. The Labute approximate surface area is 456 Å². The van der Waals surface area contributed by atoms with Gasteiger partial charge in [-0.15, -0.1) is 0 Å². The third-order valence-corrected chi connectivity index (χ3v) is 16.2. The number of hydrogen-bond acceptors (Lipinski definition) is 5.